The van der Waals surface area contributed by atoms with Crippen molar-refractivity contribution in [1.29, 1.82) is 0 Å². The second kappa shape index (κ2) is 12.9. The molecular formula is C23H33NO5. The van der Waals surface area contributed by atoms with Crippen LogP contribution in [0.5, 0.6) is 5.75 Å². The molecule has 1 aromatic carbocycles. The lowest BCUT2D eigenvalue weighted by Crippen LogP contribution is -2.31. The van der Waals surface area contributed by atoms with Gasteiger partial charge < -0.3 is 19.5 Å². The topological polar surface area (TPSA) is 73.9 Å². The van der Waals surface area contributed by atoms with E-state index in [1.807, 2.05) is 12.1 Å². The van der Waals surface area contributed by atoms with Crippen molar-refractivity contribution in [3.05, 3.63) is 42.5 Å². The van der Waals surface area contributed by atoms with Gasteiger partial charge in [-0.3, -0.25) is 4.79 Å². The van der Waals surface area contributed by atoms with Crippen molar-refractivity contribution >= 4 is 12.1 Å². The highest BCUT2D eigenvalue weighted by Gasteiger charge is 2.28. The first-order chi connectivity index (χ1) is 14.1. The maximum atomic E-state index is 12.0. The molecule has 1 amide bonds. The van der Waals surface area contributed by atoms with Crippen molar-refractivity contribution in [2.75, 3.05) is 19.8 Å². The summed E-state index contributed by atoms with van der Waals surface area (Å²) >= 11 is 0. The van der Waals surface area contributed by atoms with E-state index >= 15 is 0 Å². The van der Waals surface area contributed by atoms with E-state index in [-0.39, 0.29) is 12.1 Å². The third kappa shape index (κ3) is 8.59. The fourth-order valence-electron chi connectivity index (χ4n) is 3.54. The molecular weight excluding hydrogens is 370 g/mol. The normalized spacial score (nSPS) is 18.5. The minimum Gasteiger partial charge on any atom is -0.492 e. The Balaban J connectivity index is 1.78. The standard InChI is InChI=1S/C23H33NO5/c1-3-5-10-22(25)29-21-9-7-6-8-19(21)17-18-11-13-20(14-12-18)28-16-15-24-23(26)27-4-2/h3,11-14,19,21H,1,4-10,15-17H2,2H3,(H,24,26)/t19-,21+/m0/s1. The van der Waals surface area contributed by atoms with Crippen LogP contribution >= 0.6 is 0 Å². The highest BCUT2D eigenvalue weighted by molar-refractivity contribution is 5.69. The number of nitrogens with one attached hydrogen (secondary N) is 1. The average Bonchev–Trinajstić information content (AvgIpc) is 2.72. The van der Waals surface area contributed by atoms with Crippen LogP contribution in [0.1, 0.15) is 51.0 Å². The van der Waals surface area contributed by atoms with Gasteiger partial charge in [-0.1, -0.05) is 24.6 Å². The molecule has 0 aromatic heterocycles. The van der Waals surface area contributed by atoms with Gasteiger partial charge in [0.15, 0.2) is 0 Å². The number of carbonyl (C=O) groups excluding carboxylic acids is 2. The Morgan fingerprint density at radius 1 is 1.21 bits per heavy atom. The van der Waals surface area contributed by atoms with Crippen LogP contribution in [-0.4, -0.2) is 37.9 Å². The van der Waals surface area contributed by atoms with Crippen LogP contribution in [0.2, 0.25) is 0 Å². The molecule has 29 heavy (non-hydrogen) atoms. The lowest BCUT2D eigenvalue weighted by molar-refractivity contribution is -0.153. The molecule has 6 nitrogen and oxygen atoms in total. The largest absolute Gasteiger partial charge is 0.492 e. The summed E-state index contributed by atoms with van der Waals surface area (Å²) in [6.45, 7) is 6.54. The van der Waals surface area contributed by atoms with Gasteiger partial charge in [0, 0.05) is 6.42 Å². The predicted molar refractivity (Wildman–Crippen MR) is 112 cm³/mol. The molecule has 0 radical (unpaired) electrons. The molecule has 1 aliphatic rings. The van der Waals surface area contributed by atoms with Crippen molar-refractivity contribution in [1.82, 2.24) is 5.32 Å². The van der Waals surface area contributed by atoms with Gasteiger partial charge in [0.25, 0.3) is 0 Å². The van der Waals surface area contributed by atoms with Crippen LogP contribution in [0.15, 0.2) is 36.9 Å². The van der Waals surface area contributed by atoms with Gasteiger partial charge in [0.1, 0.15) is 18.5 Å². The van der Waals surface area contributed by atoms with E-state index in [4.69, 9.17) is 14.2 Å². The molecule has 0 bridgehead atoms. The van der Waals surface area contributed by atoms with Crippen molar-refractivity contribution in [3.8, 4) is 5.75 Å². The second-order valence-corrected chi connectivity index (χ2v) is 7.24. The molecule has 0 spiro atoms. The van der Waals surface area contributed by atoms with E-state index in [0.29, 0.717) is 38.5 Å². The lowest BCUT2D eigenvalue weighted by Gasteiger charge is -2.31. The Hall–Kier alpha value is -2.50. The number of esters is 1. The Kier molecular flexibility index (Phi) is 10.1. The van der Waals surface area contributed by atoms with Gasteiger partial charge >= 0.3 is 12.1 Å². The van der Waals surface area contributed by atoms with E-state index < -0.39 is 6.09 Å². The summed E-state index contributed by atoms with van der Waals surface area (Å²) in [4.78, 5) is 23.2. The number of benzene rings is 1. The molecule has 2 atom stereocenters. The van der Waals surface area contributed by atoms with Gasteiger partial charge in [0.05, 0.1) is 13.2 Å². The van der Waals surface area contributed by atoms with Crippen LogP contribution in [0.4, 0.5) is 4.79 Å². The minimum atomic E-state index is -0.432. The Morgan fingerprint density at radius 3 is 2.69 bits per heavy atom. The number of rotatable bonds is 11. The summed E-state index contributed by atoms with van der Waals surface area (Å²) in [6, 6.07) is 7.99. The average molecular weight is 404 g/mol. The van der Waals surface area contributed by atoms with Gasteiger partial charge in [-0.15, -0.1) is 6.58 Å². The summed E-state index contributed by atoms with van der Waals surface area (Å²) in [5.41, 5.74) is 1.21. The SMILES string of the molecule is C=CCCC(=O)O[C@@H]1CCCC[C@H]1Cc1ccc(OCCNC(=O)OCC)cc1. The Labute approximate surface area is 173 Å². The summed E-state index contributed by atoms with van der Waals surface area (Å²) in [7, 11) is 0. The van der Waals surface area contributed by atoms with Crippen LogP contribution in [0.3, 0.4) is 0 Å². The zero-order chi connectivity index (χ0) is 20.9. The van der Waals surface area contributed by atoms with Crippen LogP contribution in [0, 0.1) is 5.92 Å². The first kappa shape index (κ1) is 22.8. The fourth-order valence-corrected chi connectivity index (χ4v) is 3.54. The van der Waals surface area contributed by atoms with E-state index in [1.54, 1.807) is 13.0 Å². The minimum absolute atomic E-state index is 0.00550. The highest BCUT2D eigenvalue weighted by Crippen LogP contribution is 2.30. The third-order valence-electron chi connectivity index (χ3n) is 5.01. The Bertz CT molecular complexity index is 643. The summed E-state index contributed by atoms with van der Waals surface area (Å²) in [6.07, 6.45) is 7.60. The monoisotopic (exact) mass is 403 g/mol. The number of allylic oxidation sites excluding steroid dienone is 1. The summed E-state index contributed by atoms with van der Waals surface area (Å²) in [5.74, 6) is 0.995. The van der Waals surface area contributed by atoms with Crippen molar-refractivity contribution < 1.29 is 23.8 Å². The predicted octanol–water partition coefficient (Wildman–Crippen LogP) is 4.42. The smallest absolute Gasteiger partial charge is 0.407 e. The zero-order valence-corrected chi connectivity index (χ0v) is 17.4. The lowest BCUT2D eigenvalue weighted by atomic mass is 9.82. The number of alkyl carbamates (subject to hydrolysis) is 1. The fraction of sp³-hybridized carbons (Fsp3) is 0.565. The summed E-state index contributed by atoms with van der Waals surface area (Å²) < 4.78 is 16.2. The Morgan fingerprint density at radius 2 is 1.97 bits per heavy atom. The van der Waals surface area contributed by atoms with Gasteiger partial charge in [-0.25, -0.2) is 4.79 Å². The molecule has 1 aliphatic carbocycles. The van der Waals surface area contributed by atoms with Crippen LogP contribution in [0.25, 0.3) is 0 Å². The second-order valence-electron chi connectivity index (χ2n) is 7.24. The molecule has 160 valence electrons. The highest BCUT2D eigenvalue weighted by atomic mass is 16.5. The molecule has 1 saturated carbocycles. The van der Waals surface area contributed by atoms with E-state index in [2.05, 4.69) is 24.0 Å². The number of hydrogen-bond donors (Lipinski definition) is 1. The first-order valence-corrected chi connectivity index (χ1v) is 10.5. The maximum Gasteiger partial charge on any atom is 0.407 e. The van der Waals surface area contributed by atoms with Crippen molar-refractivity contribution in [2.24, 2.45) is 5.92 Å². The van der Waals surface area contributed by atoms with Crippen molar-refractivity contribution in [2.45, 2.75) is 58.0 Å². The van der Waals surface area contributed by atoms with E-state index in [0.717, 1.165) is 31.4 Å². The number of hydrogen-bond acceptors (Lipinski definition) is 5. The first-order valence-electron chi connectivity index (χ1n) is 10.5. The molecule has 0 heterocycles. The molecule has 0 unspecified atom stereocenters. The zero-order valence-electron chi connectivity index (χ0n) is 17.4. The molecule has 2 rings (SSSR count). The van der Waals surface area contributed by atoms with Gasteiger partial charge in [-0.2, -0.15) is 0 Å². The number of ether oxygens (including phenoxy) is 3. The van der Waals surface area contributed by atoms with Gasteiger partial charge in [-0.05, 0) is 62.6 Å². The third-order valence-corrected chi connectivity index (χ3v) is 5.01. The molecule has 1 fully saturated rings. The van der Waals surface area contributed by atoms with E-state index in [9.17, 15) is 9.59 Å². The summed E-state index contributed by atoms with van der Waals surface area (Å²) in [5, 5.41) is 2.62. The molecule has 1 N–H and O–H groups in total. The van der Waals surface area contributed by atoms with Crippen LogP contribution in [-0.2, 0) is 20.7 Å². The van der Waals surface area contributed by atoms with Crippen molar-refractivity contribution in [3.63, 3.8) is 0 Å². The molecule has 0 saturated heterocycles. The maximum absolute atomic E-state index is 12.0. The molecule has 6 heteroatoms. The molecule has 1 aromatic rings. The van der Waals surface area contributed by atoms with E-state index in [1.165, 1.54) is 12.0 Å². The van der Waals surface area contributed by atoms with Crippen LogP contribution < -0.4 is 10.1 Å². The quantitative estimate of drug-likeness (QED) is 0.336. The number of amides is 1. The molecule has 0 aliphatic heterocycles. The van der Waals surface area contributed by atoms with Gasteiger partial charge in [0.2, 0.25) is 0 Å². The number of carbonyl (C=O) groups is 2.